The van der Waals surface area contributed by atoms with Gasteiger partial charge >= 0.3 is 0 Å². The normalized spacial score (nSPS) is 23.5. The lowest BCUT2D eigenvalue weighted by atomic mass is 9.85. The number of nitrogens with zero attached hydrogens (tertiary/aromatic N) is 1. The van der Waals surface area contributed by atoms with Gasteiger partial charge in [0.05, 0.1) is 0 Å². The summed E-state index contributed by atoms with van der Waals surface area (Å²) in [6.45, 7) is 7.39. The zero-order chi connectivity index (χ0) is 16.8. The Morgan fingerprint density at radius 1 is 1.27 bits per heavy atom. The number of carbonyl (C=O) groups is 1. The van der Waals surface area contributed by atoms with Gasteiger partial charge in [-0.15, -0.1) is 24.8 Å². The number of hydrogen-bond acceptors (Lipinski definition) is 3. The molecule has 4 nitrogen and oxygen atoms in total. The number of anilines is 1. The summed E-state index contributed by atoms with van der Waals surface area (Å²) in [6.07, 6.45) is 4.34. The second-order valence-electron chi connectivity index (χ2n) is 7.53. The highest BCUT2D eigenvalue weighted by atomic mass is 35.5. The minimum Gasteiger partial charge on any atom is -0.371 e. The van der Waals surface area contributed by atoms with Crippen LogP contribution in [0.1, 0.15) is 32.6 Å². The Hall–Kier alpha value is -0.970. The van der Waals surface area contributed by atoms with Gasteiger partial charge in [-0.05, 0) is 62.2 Å². The maximum Gasteiger partial charge on any atom is 0.220 e. The highest BCUT2D eigenvalue weighted by Crippen LogP contribution is 2.24. The first-order valence-corrected chi connectivity index (χ1v) is 9.50. The predicted octanol–water partition coefficient (Wildman–Crippen LogP) is 3.50. The molecule has 1 aromatic rings. The molecule has 2 heterocycles. The van der Waals surface area contributed by atoms with Crippen LogP contribution in [-0.4, -0.2) is 38.6 Å². The maximum atomic E-state index is 12.3. The molecule has 2 aliphatic heterocycles. The first kappa shape index (κ1) is 23.1. The number of piperidine rings is 1. The molecule has 26 heavy (non-hydrogen) atoms. The number of nitrogens with one attached hydrogen (secondary N) is 2. The van der Waals surface area contributed by atoms with Crippen molar-refractivity contribution in [3.8, 4) is 0 Å². The zero-order valence-corrected chi connectivity index (χ0v) is 17.3. The van der Waals surface area contributed by atoms with Crippen molar-refractivity contribution >= 4 is 36.4 Å². The lowest BCUT2D eigenvalue weighted by Gasteiger charge is -2.28. The van der Waals surface area contributed by atoms with Crippen LogP contribution in [0, 0.1) is 17.8 Å². The van der Waals surface area contributed by atoms with Crippen LogP contribution >= 0.6 is 24.8 Å². The summed E-state index contributed by atoms with van der Waals surface area (Å²) in [4.78, 5) is 14.7. The van der Waals surface area contributed by atoms with Crippen molar-refractivity contribution in [3.05, 3.63) is 30.3 Å². The Balaban J connectivity index is 0.00000169. The van der Waals surface area contributed by atoms with E-state index in [1.165, 1.54) is 18.5 Å². The Morgan fingerprint density at radius 3 is 2.73 bits per heavy atom. The third-order valence-corrected chi connectivity index (χ3v) is 5.64. The Labute approximate surface area is 170 Å². The van der Waals surface area contributed by atoms with Gasteiger partial charge in [0.25, 0.3) is 0 Å². The third kappa shape index (κ3) is 6.64. The number of carbonyl (C=O) groups excluding carboxylic acids is 1. The van der Waals surface area contributed by atoms with Gasteiger partial charge in [0, 0.05) is 31.7 Å². The molecule has 0 aromatic heterocycles. The number of hydrogen-bond donors (Lipinski definition) is 2. The van der Waals surface area contributed by atoms with Crippen LogP contribution in [0.4, 0.5) is 5.69 Å². The van der Waals surface area contributed by atoms with Gasteiger partial charge in [-0.2, -0.15) is 0 Å². The molecule has 0 saturated carbocycles. The van der Waals surface area contributed by atoms with Crippen LogP contribution in [0.3, 0.4) is 0 Å². The Kier molecular flexibility index (Phi) is 10.4. The minimum atomic E-state index is 0. The summed E-state index contributed by atoms with van der Waals surface area (Å²) in [6, 6.07) is 10.6. The van der Waals surface area contributed by atoms with Gasteiger partial charge in [0.15, 0.2) is 0 Å². The van der Waals surface area contributed by atoms with Gasteiger partial charge in [0.2, 0.25) is 5.91 Å². The van der Waals surface area contributed by atoms with Crippen LogP contribution in [0.2, 0.25) is 0 Å². The molecule has 0 bridgehead atoms. The fourth-order valence-electron chi connectivity index (χ4n) is 4.03. The van der Waals surface area contributed by atoms with E-state index in [4.69, 9.17) is 0 Å². The second kappa shape index (κ2) is 11.7. The number of halogens is 2. The molecule has 2 saturated heterocycles. The van der Waals surface area contributed by atoms with Gasteiger partial charge in [-0.25, -0.2) is 0 Å². The van der Waals surface area contributed by atoms with Crippen molar-refractivity contribution in [2.75, 3.05) is 37.6 Å². The third-order valence-electron chi connectivity index (χ3n) is 5.64. The first-order valence-electron chi connectivity index (χ1n) is 9.50. The molecular formula is C20H33Cl2N3O. The summed E-state index contributed by atoms with van der Waals surface area (Å²) in [5.41, 5.74) is 1.30. The lowest BCUT2D eigenvalue weighted by Crippen LogP contribution is -2.36. The molecule has 2 fully saturated rings. The van der Waals surface area contributed by atoms with Gasteiger partial charge in [0.1, 0.15) is 0 Å². The molecule has 3 rings (SSSR count). The van der Waals surface area contributed by atoms with Crippen molar-refractivity contribution in [3.63, 3.8) is 0 Å². The van der Waals surface area contributed by atoms with E-state index in [2.05, 4.69) is 52.8 Å². The van der Waals surface area contributed by atoms with Gasteiger partial charge < -0.3 is 15.5 Å². The fraction of sp³-hybridized carbons (Fsp3) is 0.650. The molecule has 6 heteroatoms. The first-order chi connectivity index (χ1) is 11.7. The van der Waals surface area contributed by atoms with E-state index in [0.29, 0.717) is 24.2 Å². The van der Waals surface area contributed by atoms with E-state index in [0.717, 1.165) is 39.1 Å². The summed E-state index contributed by atoms with van der Waals surface area (Å²) >= 11 is 0. The maximum absolute atomic E-state index is 12.3. The molecule has 3 atom stereocenters. The minimum absolute atomic E-state index is 0. The Bertz CT molecular complexity index is 523. The number of amides is 1. The topological polar surface area (TPSA) is 44.4 Å². The van der Waals surface area contributed by atoms with Crippen molar-refractivity contribution in [2.24, 2.45) is 17.8 Å². The van der Waals surface area contributed by atoms with E-state index in [-0.39, 0.29) is 30.7 Å². The molecule has 0 aliphatic carbocycles. The lowest BCUT2D eigenvalue weighted by molar-refractivity contribution is -0.122. The standard InChI is InChI=1S/C20H31N3O.2ClH/c1-16(18-6-5-10-21-14-18)12-20(24)22-13-17-9-11-23(15-17)19-7-3-2-4-8-19;;/h2-4,7-8,16-18,21H,5-6,9-15H2,1H3,(H,22,24);2*1H. The number of rotatable bonds is 6. The molecular weight excluding hydrogens is 369 g/mol. The molecule has 0 spiro atoms. The van der Waals surface area contributed by atoms with Crippen LogP contribution in [0.15, 0.2) is 30.3 Å². The van der Waals surface area contributed by atoms with Crippen molar-refractivity contribution in [2.45, 2.75) is 32.6 Å². The molecule has 2 aliphatic rings. The quantitative estimate of drug-likeness (QED) is 0.766. The van der Waals surface area contributed by atoms with Crippen LogP contribution in [-0.2, 0) is 4.79 Å². The highest BCUT2D eigenvalue weighted by molar-refractivity contribution is 5.85. The summed E-state index contributed by atoms with van der Waals surface area (Å²) in [5, 5.41) is 6.63. The highest BCUT2D eigenvalue weighted by Gasteiger charge is 2.25. The fourth-order valence-corrected chi connectivity index (χ4v) is 4.03. The SMILES string of the molecule is CC(CC(=O)NCC1CCN(c2ccccc2)C1)C1CCCNC1.Cl.Cl. The molecule has 2 N–H and O–H groups in total. The van der Waals surface area contributed by atoms with Crippen molar-refractivity contribution in [1.29, 1.82) is 0 Å². The van der Waals surface area contributed by atoms with Crippen LogP contribution in [0.5, 0.6) is 0 Å². The summed E-state index contributed by atoms with van der Waals surface area (Å²) < 4.78 is 0. The monoisotopic (exact) mass is 401 g/mol. The molecule has 148 valence electrons. The van der Waals surface area contributed by atoms with E-state index in [1.807, 2.05) is 0 Å². The zero-order valence-electron chi connectivity index (χ0n) is 15.7. The Morgan fingerprint density at radius 2 is 2.04 bits per heavy atom. The van der Waals surface area contributed by atoms with E-state index in [9.17, 15) is 4.79 Å². The molecule has 0 radical (unpaired) electrons. The predicted molar refractivity (Wildman–Crippen MR) is 114 cm³/mol. The second-order valence-corrected chi connectivity index (χ2v) is 7.53. The summed E-state index contributed by atoms with van der Waals surface area (Å²) in [7, 11) is 0. The van der Waals surface area contributed by atoms with E-state index < -0.39 is 0 Å². The van der Waals surface area contributed by atoms with Gasteiger partial charge in [-0.1, -0.05) is 25.1 Å². The molecule has 1 amide bonds. The molecule has 3 unspecified atom stereocenters. The average Bonchev–Trinajstić information content (AvgIpc) is 3.10. The van der Waals surface area contributed by atoms with Crippen LogP contribution in [0.25, 0.3) is 0 Å². The van der Waals surface area contributed by atoms with E-state index in [1.54, 1.807) is 0 Å². The van der Waals surface area contributed by atoms with E-state index >= 15 is 0 Å². The van der Waals surface area contributed by atoms with Gasteiger partial charge in [-0.3, -0.25) is 4.79 Å². The largest absolute Gasteiger partial charge is 0.371 e. The van der Waals surface area contributed by atoms with Crippen molar-refractivity contribution < 1.29 is 4.79 Å². The number of para-hydroxylation sites is 1. The van der Waals surface area contributed by atoms with Crippen molar-refractivity contribution in [1.82, 2.24) is 10.6 Å². The van der Waals surface area contributed by atoms with Crippen LogP contribution < -0.4 is 15.5 Å². The average molecular weight is 402 g/mol. The number of benzene rings is 1. The summed E-state index contributed by atoms with van der Waals surface area (Å²) in [5.74, 6) is 1.93. The molecule has 1 aromatic carbocycles. The smallest absolute Gasteiger partial charge is 0.220 e.